The molecule has 0 aromatic heterocycles. The Balaban J connectivity index is 2.19. The Morgan fingerprint density at radius 2 is 1.96 bits per heavy atom. The molecule has 0 radical (unpaired) electrons. The molecule has 0 atom stereocenters. The number of nitrogens with one attached hydrogen (secondary N) is 3. The summed E-state index contributed by atoms with van der Waals surface area (Å²) in [5.74, 6) is -0.0755. The summed E-state index contributed by atoms with van der Waals surface area (Å²) in [6.45, 7) is 8.08. The summed E-state index contributed by atoms with van der Waals surface area (Å²) in [6.07, 6.45) is 1.99. The van der Waals surface area contributed by atoms with Crippen molar-refractivity contribution < 1.29 is 17.9 Å². The van der Waals surface area contributed by atoms with E-state index in [-0.39, 0.29) is 28.0 Å². The Hall–Kier alpha value is -1.64. The second-order valence-corrected chi connectivity index (χ2v) is 9.07. The van der Waals surface area contributed by atoms with Crippen molar-refractivity contribution in [2.45, 2.75) is 44.6 Å². The predicted octanol–water partition coefficient (Wildman–Crippen LogP) is 1.50. The van der Waals surface area contributed by atoms with Crippen LogP contribution in [0.4, 0.5) is 0 Å². The zero-order chi connectivity index (χ0) is 19.4. The highest BCUT2D eigenvalue weighted by Gasteiger charge is 2.28. The fraction of sp³-hybridized carbons (Fsp3) is 0.611. The van der Waals surface area contributed by atoms with Crippen molar-refractivity contribution in [3.63, 3.8) is 0 Å². The second kappa shape index (κ2) is 8.37. The maximum absolute atomic E-state index is 12.5. The summed E-state index contributed by atoms with van der Waals surface area (Å²) >= 11 is 0. The number of benzene rings is 1. The number of carbonyl (C=O) groups is 1. The lowest BCUT2D eigenvalue weighted by Gasteiger charge is -2.34. The third-order valence-electron chi connectivity index (χ3n) is 4.59. The van der Waals surface area contributed by atoms with Gasteiger partial charge in [0.1, 0.15) is 10.6 Å². The molecule has 1 aliphatic rings. The van der Waals surface area contributed by atoms with E-state index in [4.69, 9.17) is 4.74 Å². The van der Waals surface area contributed by atoms with Crippen LogP contribution in [-0.4, -0.2) is 47.1 Å². The van der Waals surface area contributed by atoms with Crippen molar-refractivity contribution >= 4 is 15.9 Å². The van der Waals surface area contributed by atoms with Crippen LogP contribution >= 0.6 is 0 Å². The minimum Gasteiger partial charge on any atom is -0.495 e. The SMILES string of the molecule is COc1ccc(C(=O)NCC2(C)CCNCC2)cc1S(=O)(=O)NC(C)C. The van der Waals surface area contributed by atoms with Crippen LogP contribution in [0.3, 0.4) is 0 Å². The monoisotopic (exact) mass is 383 g/mol. The molecule has 0 unspecified atom stereocenters. The zero-order valence-corrected chi connectivity index (χ0v) is 16.7. The molecular formula is C18H29N3O4S. The van der Waals surface area contributed by atoms with Crippen molar-refractivity contribution in [2.24, 2.45) is 5.41 Å². The molecule has 0 aliphatic carbocycles. The minimum absolute atomic E-state index is 0.0329. The quantitative estimate of drug-likeness (QED) is 0.663. The van der Waals surface area contributed by atoms with Gasteiger partial charge in [-0.05, 0) is 63.4 Å². The fourth-order valence-corrected chi connectivity index (χ4v) is 4.45. The summed E-state index contributed by atoms with van der Waals surface area (Å²) < 4.78 is 32.7. The molecule has 1 aromatic carbocycles. The summed E-state index contributed by atoms with van der Waals surface area (Å²) in [5.41, 5.74) is 0.356. The van der Waals surface area contributed by atoms with Gasteiger partial charge in [-0.1, -0.05) is 6.92 Å². The highest BCUT2D eigenvalue weighted by molar-refractivity contribution is 7.89. The van der Waals surface area contributed by atoms with Gasteiger partial charge >= 0.3 is 0 Å². The topological polar surface area (TPSA) is 96.5 Å². The summed E-state index contributed by atoms with van der Waals surface area (Å²) in [4.78, 5) is 12.5. The molecule has 0 bridgehead atoms. The van der Waals surface area contributed by atoms with E-state index in [2.05, 4.69) is 22.3 Å². The van der Waals surface area contributed by atoms with Gasteiger partial charge in [-0.3, -0.25) is 4.79 Å². The molecule has 1 aliphatic heterocycles. The largest absolute Gasteiger partial charge is 0.495 e. The molecule has 0 spiro atoms. The lowest BCUT2D eigenvalue weighted by molar-refractivity contribution is 0.0922. The standard InChI is InChI=1S/C18H29N3O4S/c1-13(2)21-26(23,24)16-11-14(5-6-15(16)25-4)17(22)20-12-18(3)7-9-19-10-8-18/h5-6,11,13,19,21H,7-10,12H2,1-4H3,(H,20,22). The lowest BCUT2D eigenvalue weighted by atomic mass is 9.81. The van der Waals surface area contributed by atoms with Crippen LogP contribution < -0.4 is 20.1 Å². The van der Waals surface area contributed by atoms with Crippen LogP contribution in [0.5, 0.6) is 5.75 Å². The Kier molecular flexibility index (Phi) is 6.65. The Morgan fingerprint density at radius 1 is 1.31 bits per heavy atom. The van der Waals surface area contributed by atoms with Gasteiger partial charge in [-0.15, -0.1) is 0 Å². The number of ether oxygens (including phenoxy) is 1. The number of sulfonamides is 1. The molecule has 1 saturated heterocycles. The average molecular weight is 384 g/mol. The number of hydrogen-bond acceptors (Lipinski definition) is 5. The van der Waals surface area contributed by atoms with Crippen molar-refractivity contribution in [3.05, 3.63) is 23.8 Å². The van der Waals surface area contributed by atoms with Crippen molar-refractivity contribution in [1.29, 1.82) is 0 Å². The highest BCUT2D eigenvalue weighted by Crippen LogP contribution is 2.28. The number of methoxy groups -OCH3 is 1. The number of amides is 1. The van der Waals surface area contributed by atoms with Gasteiger partial charge in [0, 0.05) is 18.2 Å². The van der Waals surface area contributed by atoms with E-state index in [1.54, 1.807) is 19.9 Å². The molecule has 2 rings (SSSR count). The molecular weight excluding hydrogens is 354 g/mol. The number of rotatable bonds is 7. The average Bonchev–Trinajstić information content (AvgIpc) is 2.58. The van der Waals surface area contributed by atoms with E-state index in [0.717, 1.165) is 25.9 Å². The van der Waals surface area contributed by atoms with Gasteiger partial charge < -0.3 is 15.4 Å². The maximum Gasteiger partial charge on any atom is 0.251 e. The molecule has 8 heteroatoms. The first kappa shape index (κ1) is 20.7. The second-order valence-electron chi connectivity index (χ2n) is 7.38. The molecule has 1 fully saturated rings. The molecule has 7 nitrogen and oxygen atoms in total. The minimum atomic E-state index is -3.77. The molecule has 3 N–H and O–H groups in total. The third kappa shape index (κ3) is 5.18. The van der Waals surface area contributed by atoms with Gasteiger partial charge in [0.15, 0.2) is 0 Å². The molecule has 1 aromatic rings. The normalized spacial score (nSPS) is 17.1. The van der Waals surface area contributed by atoms with Crippen LogP contribution in [0, 0.1) is 5.41 Å². The van der Waals surface area contributed by atoms with E-state index in [9.17, 15) is 13.2 Å². The van der Waals surface area contributed by atoms with Crippen molar-refractivity contribution in [3.8, 4) is 5.75 Å². The van der Waals surface area contributed by atoms with Crippen LogP contribution in [0.25, 0.3) is 0 Å². The van der Waals surface area contributed by atoms with E-state index in [0.29, 0.717) is 12.1 Å². The number of piperidine rings is 1. The predicted molar refractivity (Wildman–Crippen MR) is 101 cm³/mol. The van der Waals surface area contributed by atoms with E-state index in [1.165, 1.54) is 19.2 Å². The first-order valence-corrected chi connectivity index (χ1v) is 10.3. The molecule has 1 amide bonds. The Bertz CT molecular complexity index is 741. The lowest BCUT2D eigenvalue weighted by Crippen LogP contribution is -2.42. The van der Waals surface area contributed by atoms with Crippen LogP contribution in [0.2, 0.25) is 0 Å². The van der Waals surface area contributed by atoms with Crippen molar-refractivity contribution in [1.82, 2.24) is 15.4 Å². The Labute approximate surface area is 155 Å². The molecule has 0 saturated carbocycles. The highest BCUT2D eigenvalue weighted by atomic mass is 32.2. The number of hydrogen-bond donors (Lipinski definition) is 3. The summed E-state index contributed by atoms with van der Waals surface area (Å²) in [6, 6.07) is 4.19. The first-order valence-electron chi connectivity index (χ1n) is 8.86. The molecule has 1 heterocycles. The summed E-state index contributed by atoms with van der Waals surface area (Å²) in [5, 5.41) is 6.25. The maximum atomic E-state index is 12.5. The van der Waals surface area contributed by atoms with Gasteiger partial charge in [0.05, 0.1) is 7.11 Å². The van der Waals surface area contributed by atoms with E-state index >= 15 is 0 Å². The zero-order valence-electron chi connectivity index (χ0n) is 15.9. The summed E-state index contributed by atoms with van der Waals surface area (Å²) in [7, 11) is -2.36. The van der Waals surface area contributed by atoms with Gasteiger partial charge in [-0.2, -0.15) is 0 Å². The third-order valence-corrected chi connectivity index (χ3v) is 6.27. The van der Waals surface area contributed by atoms with Gasteiger partial charge in [0.2, 0.25) is 10.0 Å². The molecule has 26 heavy (non-hydrogen) atoms. The van der Waals surface area contributed by atoms with Crippen LogP contribution in [-0.2, 0) is 10.0 Å². The van der Waals surface area contributed by atoms with Crippen LogP contribution in [0.1, 0.15) is 44.0 Å². The number of carbonyl (C=O) groups excluding carboxylic acids is 1. The fourth-order valence-electron chi connectivity index (χ4n) is 3.00. The van der Waals surface area contributed by atoms with E-state index < -0.39 is 10.0 Å². The van der Waals surface area contributed by atoms with Gasteiger partial charge in [-0.25, -0.2) is 13.1 Å². The smallest absolute Gasteiger partial charge is 0.251 e. The van der Waals surface area contributed by atoms with Gasteiger partial charge in [0.25, 0.3) is 5.91 Å². The van der Waals surface area contributed by atoms with Crippen LogP contribution in [0.15, 0.2) is 23.1 Å². The Morgan fingerprint density at radius 3 is 2.54 bits per heavy atom. The van der Waals surface area contributed by atoms with Crippen molar-refractivity contribution in [2.75, 3.05) is 26.7 Å². The first-order chi connectivity index (χ1) is 12.2. The molecule has 146 valence electrons. The van der Waals surface area contributed by atoms with E-state index in [1.807, 2.05) is 0 Å².